The lowest BCUT2D eigenvalue weighted by Gasteiger charge is -2.13. The van der Waals surface area contributed by atoms with Crippen molar-refractivity contribution in [1.82, 2.24) is 4.98 Å². The summed E-state index contributed by atoms with van der Waals surface area (Å²) in [6.45, 7) is 0.473. The molecule has 0 radical (unpaired) electrons. The van der Waals surface area contributed by atoms with E-state index in [-0.39, 0.29) is 13.6 Å². The molecular formula is C23H16N2O4. The van der Waals surface area contributed by atoms with Crippen molar-refractivity contribution in [3.8, 4) is 34.3 Å². The van der Waals surface area contributed by atoms with E-state index in [1.807, 2.05) is 66.7 Å². The molecule has 0 atom stereocenters. The fourth-order valence-corrected chi connectivity index (χ4v) is 3.61. The van der Waals surface area contributed by atoms with E-state index in [2.05, 4.69) is 5.32 Å². The van der Waals surface area contributed by atoms with Crippen LogP contribution in [0.15, 0.2) is 66.7 Å². The Balaban J connectivity index is 1.51. The number of fused-ring (bicyclic) bond motifs is 3. The van der Waals surface area contributed by atoms with E-state index in [9.17, 15) is 0 Å². The average molecular weight is 384 g/mol. The zero-order valence-electron chi connectivity index (χ0n) is 15.3. The maximum Gasteiger partial charge on any atom is 0.231 e. The van der Waals surface area contributed by atoms with Crippen LogP contribution in [0, 0.1) is 0 Å². The molecule has 142 valence electrons. The zero-order valence-corrected chi connectivity index (χ0v) is 15.3. The van der Waals surface area contributed by atoms with Crippen molar-refractivity contribution in [2.75, 3.05) is 18.9 Å². The van der Waals surface area contributed by atoms with Crippen molar-refractivity contribution < 1.29 is 18.9 Å². The highest BCUT2D eigenvalue weighted by Crippen LogP contribution is 2.41. The minimum absolute atomic E-state index is 0.224. The number of aromatic nitrogens is 1. The third kappa shape index (κ3) is 2.77. The molecule has 2 aliphatic heterocycles. The highest BCUT2D eigenvalue weighted by molar-refractivity contribution is 5.97. The van der Waals surface area contributed by atoms with Crippen molar-refractivity contribution in [3.05, 3.63) is 66.7 Å². The van der Waals surface area contributed by atoms with Gasteiger partial charge in [0, 0.05) is 28.8 Å². The van der Waals surface area contributed by atoms with Gasteiger partial charge in [0.2, 0.25) is 13.6 Å². The van der Waals surface area contributed by atoms with Gasteiger partial charge in [0.25, 0.3) is 0 Å². The maximum atomic E-state index is 5.57. The standard InChI is InChI=1S/C23H16N2O4/c1-2-4-14(5-3-1)17-10-18(24-15-6-7-20-21(8-15)27-12-26-20)16-9-22-23(29-13-28-22)11-19(16)25-17/h1-11H,12-13H2,(H,24,25). The van der Waals surface area contributed by atoms with E-state index in [0.29, 0.717) is 5.75 Å². The Hall–Kier alpha value is -3.93. The van der Waals surface area contributed by atoms with Crippen molar-refractivity contribution in [2.24, 2.45) is 0 Å². The topological polar surface area (TPSA) is 61.8 Å². The van der Waals surface area contributed by atoms with Gasteiger partial charge >= 0.3 is 0 Å². The number of pyridine rings is 1. The van der Waals surface area contributed by atoms with Gasteiger partial charge in [-0.2, -0.15) is 0 Å². The van der Waals surface area contributed by atoms with Gasteiger partial charge in [-0.05, 0) is 24.3 Å². The Bertz CT molecular complexity index is 1240. The van der Waals surface area contributed by atoms with Gasteiger partial charge in [-0.3, -0.25) is 0 Å². The van der Waals surface area contributed by atoms with Crippen LogP contribution in [0.3, 0.4) is 0 Å². The molecule has 0 saturated heterocycles. The molecule has 6 heteroatoms. The molecule has 6 rings (SSSR count). The first kappa shape index (κ1) is 16.1. The minimum Gasteiger partial charge on any atom is -0.454 e. The molecule has 0 spiro atoms. The normalized spacial score (nSPS) is 13.7. The predicted molar refractivity (Wildman–Crippen MR) is 109 cm³/mol. The largest absolute Gasteiger partial charge is 0.454 e. The molecule has 0 amide bonds. The van der Waals surface area contributed by atoms with Gasteiger partial charge in [0.05, 0.1) is 16.9 Å². The first-order chi connectivity index (χ1) is 14.3. The van der Waals surface area contributed by atoms with Crippen LogP contribution in [0.1, 0.15) is 0 Å². The average Bonchev–Trinajstić information content (AvgIpc) is 3.41. The van der Waals surface area contributed by atoms with E-state index < -0.39 is 0 Å². The van der Waals surface area contributed by atoms with Crippen LogP contribution in [0.2, 0.25) is 0 Å². The van der Waals surface area contributed by atoms with Crippen LogP contribution >= 0.6 is 0 Å². The van der Waals surface area contributed by atoms with Gasteiger partial charge in [-0.1, -0.05) is 30.3 Å². The van der Waals surface area contributed by atoms with Crippen LogP contribution in [0.5, 0.6) is 23.0 Å². The second-order valence-electron chi connectivity index (χ2n) is 6.84. The van der Waals surface area contributed by atoms with Crippen LogP contribution < -0.4 is 24.3 Å². The number of hydrogen-bond donors (Lipinski definition) is 1. The Kier molecular flexibility index (Phi) is 3.49. The molecule has 0 saturated carbocycles. The Morgan fingerprint density at radius 2 is 1.41 bits per heavy atom. The van der Waals surface area contributed by atoms with Gasteiger partial charge in [0.1, 0.15) is 0 Å². The third-order valence-electron chi connectivity index (χ3n) is 5.02. The third-order valence-corrected chi connectivity index (χ3v) is 5.02. The van der Waals surface area contributed by atoms with Crippen molar-refractivity contribution in [1.29, 1.82) is 0 Å². The molecule has 6 nitrogen and oxygen atoms in total. The van der Waals surface area contributed by atoms with Crippen LogP contribution in [0.25, 0.3) is 22.2 Å². The quantitative estimate of drug-likeness (QED) is 0.530. The van der Waals surface area contributed by atoms with Crippen LogP contribution in [-0.4, -0.2) is 18.6 Å². The summed E-state index contributed by atoms with van der Waals surface area (Å²) >= 11 is 0. The second-order valence-corrected chi connectivity index (χ2v) is 6.84. The summed E-state index contributed by atoms with van der Waals surface area (Å²) in [6.07, 6.45) is 0. The molecule has 0 aliphatic carbocycles. The van der Waals surface area contributed by atoms with Gasteiger partial charge in [-0.25, -0.2) is 4.98 Å². The number of nitrogens with zero attached hydrogens (tertiary/aromatic N) is 1. The summed E-state index contributed by atoms with van der Waals surface area (Å²) in [5, 5.41) is 4.46. The first-order valence-electron chi connectivity index (χ1n) is 9.30. The van der Waals surface area contributed by atoms with Gasteiger partial charge in [0.15, 0.2) is 23.0 Å². The van der Waals surface area contributed by atoms with Crippen LogP contribution in [-0.2, 0) is 0 Å². The summed E-state index contributed by atoms with van der Waals surface area (Å²) in [5.74, 6) is 2.92. The monoisotopic (exact) mass is 384 g/mol. The fourth-order valence-electron chi connectivity index (χ4n) is 3.61. The lowest BCUT2D eigenvalue weighted by atomic mass is 10.1. The number of rotatable bonds is 3. The SMILES string of the molecule is c1ccc(-c2cc(Nc3ccc4c(c3)OCO4)c3cc4c(cc3n2)OCO4)cc1. The van der Waals surface area contributed by atoms with Crippen molar-refractivity contribution in [2.45, 2.75) is 0 Å². The Morgan fingerprint density at radius 1 is 0.690 bits per heavy atom. The Morgan fingerprint density at radius 3 is 2.24 bits per heavy atom. The zero-order chi connectivity index (χ0) is 19.2. The summed E-state index contributed by atoms with van der Waals surface area (Å²) < 4.78 is 22.0. The minimum atomic E-state index is 0.224. The van der Waals surface area contributed by atoms with E-state index >= 15 is 0 Å². The predicted octanol–water partition coefficient (Wildman–Crippen LogP) is 5.10. The lowest BCUT2D eigenvalue weighted by molar-refractivity contribution is 0.173. The summed E-state index contributed by atoms with van der Waals surface area (Å²) in [4.78, 5) is 4.86. The number of nitrogens with one attached hydrogen (secondary N) is 1. The van der Waals surface area contributed by atoms with Crippen molar-refractivity contribution >= 4 is 22.3 Å². The second kappa shape index (κ2) is 6.31. The molecule has 4 aromatic rings. The number of ether oxygens (including phenoxy) is 4. The van der Waals surface area contributed by atoms with Crippen LogP contribution in [0.4, 0.5) is 11.4 Å². The molecule has 0 unspecified atom stereocenters. The molecule has 29 heavy (non-hydrogen) atoms. The maximum absolute atomic E-state index is 5.57. The molecule has 3 aromatic carbocycles. The first-order valence-corrected chi connectivity index (χ1v) is 9.30. The Labute approximate surface area is 166 Å². The fraction of sp³-hybridized carbons (Fsp3) is 0.0870. The molecule has 2 aliphatic rings. The van der Waals surface area contributed by atoms with E-state index in [1.54, 1.807) is 0 Å². The molecular weight excluding hydrogens is 368 g/mol. The number of hydrogen-bond acceptors (Lipinski definition) is 6. The molecule has 1 aromatic heterocycles. The molecule has 1 N–H and O–H groups in total. The van der Waals surface area contributed by atoms with Gasteiger partial charge < -0.3 is 24.3 Å². The molecule has 3 heterocycles. The number of benzene rings is 3. The smallest absolute Gasteiger partial charge is 0.231 e. The highest BCUT2D eigenvalue weighted by atomic mass is 16.7. The van der Waals surface area contributed by atoms with E-state index in [1.165, 1.54) is 0 Å². The summed E-state index contributed by atoms with van der Waals surface area (Å²) in [5.41, 5.74) is 4.57. The molecule has 0 fully saturated rings. The van der Waals surface area contributed by atoms with Gasteiger partial charge in [-0.15, -0.1) is 0 Å². The number of anilines is 2. The van der Waals surface area contributed by atoms with Crippen molar-refractivity contribution in [3.63, 3.8) is 0 Å². The highest BCUT2D eigenvalue weighted by Gasteiger charge is 2.19. The van der Waals surface area contributed by atoms with E-state index in [4.69, 9.17) is 23.9 Å². The van der Waals surface area contributed by atoms with E-state index in [0.717, 1.165) is 50.8 Å². The molecule has 0 bridgehead atoms. The lowest BCUT2D eigenvalue weighted by Crippen LogP contribution is -1.95. The summed E-state index contributed by atoms with van der Waals surface area (Å²) in [7, 11) is 0. The summed E-state index contributed by atoms with van der Waals surface area (Å²) in [6, 6.07) is 21.8.